The number of nitrogens with one attached hydrogen (secondary N) is 2. The number of alkyl halides is 3. The number of amides is 1. The zero-order valence-electron chi connectivity index (χ0n) is 16.7. The number of halogens is 3. The number of anilines is 1. The normalized spacial score (nSPS) is 23.3. The predicted octanol–water partition coefficient (Wildman–Crippen LogP) is 3.98. The van der Waals surface area contributed by atoms with E-state index < -0.39 is 27.5 Å². The molecule has 0 bridgehead atoms. The van der Waals surface area contributed by atoms with Crippen molar-refractivity contribution in [3.63, 3.8) is 0 Å². The quantitative estimate of drug-likeness (QED) is 0.720. The van der Waals surface area contributed by atoms with Crippen LogP contribution in [0.25, 0.3) is 0 Å². The van der Waals surface area contributed by atoms with Crippen LogP contribution in [-0.2, 0) is 16.0 Å². The monoisotopic (exact) mass is 452 g/mol. The highest BCUT2D eigenvalue weighted by atomic mass is 32.2. The number of carbonyl (C=O) groups excluding carboxylic acids is 1. The zero-order valence-corrected chi connectivity index (χ0v) is 17.5. The number of hydrogen-bond donors (Lipinski definition) is 2. The minimum absolute atomic E-state index is 0.0557. The third-order valence-corrected chi connectivity index (χ3v) is 7.56. The first kappa shape index (κ1) is 21.8. The van der Waals surface area contributed by atoms with Crippen molar-refractivity contribution in [1.29, 1.82) is 0 Å². The Morgan fingerprint density at radius 3 is 2.32 bits per heavy atom. The van der Waals surface area contributed by atoms with Crippen LogP contribution in [0, 0.1) is 0 Å². The van der Waals surface area contributed by atoms with Crippen LogP contribution < -0.4 is 10.6 Å². The summed E-state index contributed by atoms with van der Waals surface area (Å²) < 4.78 is 61.6. The van der Waals surface area contributed by atoms with E-state index in [2.05, 4.69) is 10.6 Å². The van der Waals surface area contributed by atoms with E-state index in [9.17, 15) is 26.4 Å². The molecule has 1 aliphatic carbocycles. The minimum Gasteiger partial charge on any atom is -0.322 e. The van der Waals surface area contributed by atoms with Gasteiger partial charge in [0.1, 0.15) is 9.84 Å². The highest BCUT2D eigenvalue weighted by Crippen LogP contribution is 2.42. The third kappa shape index (κ3) is 5.46. The second-order valence-electron chi connectivity index (χ2n) is 8.20. The lowest BCUT2D eigenvalue weighted by Crippen LogP contribution is -2.39. The first-order valence-corrected chi connectivity index (χ1v) is 12.0. The molecule has 31 heavy (non-hydrogen) atoms. The molecule has 1 amide bonds. The summed E-state index contributed by atoms with van der Waals surface area (Å²) in [4.78, 5) is 12.3. The van der Waals surface area contributed by atoms with Gasteiger partial charge in [0.15, 0.2) is 0 Å². The van der Waals surface area contributed by atoms with Crippen LogP contribution in [0.3, 0.4) is 0 Å². The fraction of sp³-hybridized carbons (Fsp3) is 0.409. The van der Waals surface area contributed by atoms with Crippen molar-refractivity contribution in [1.82, 2.24) is 5.32 Å². The largest absolute Gasteiger partial charge is 0.416 e. The van der Waals surface area contributed by atoms with E-state index in [1.54, 1.807) is 12.1 Å². The van der Waals surface area contributed by atoms with Crippen molar-refractivity contribution in [3.05, 3.63) is 65.2 Å². The van der Waals surface area contributed by atoms with Gasteiger partial charge in [-0.15, -0.1) is 0 Å². The van der Waals surface area contributed by atoms with E-state index in [4.69, 9.17) is 0 Å². The smallest absolute Gasteiger partial charge is 0.322 e. The first-order valence-electron chi connectivity index (χ1n) is 10.2. The fourth-order valence-electron chi connectivity index (χ4n) is 3.96. The molecule has 2 unspecified atom stereocenters. The van der Waals surface area contributed by atoms with Crippen LogP contribution in [0.15, 0.2) is 48.5 Å². The zero-order chi connectivity index (χ0) is 22.2. The molecule has 2 N–H and O–H groups in total. The second kappa shape index (κ2) is 8.27. The summed E-state index contributed by atoms with van der Waals surface area (Å²) in [5.74, 6) is 0.216. The Kier molecular flexibility index (Phi) is 5.83. The minimum atomic E-state index is -4.50. The maximum atomic E-state index is 12.8. The number of rotatable bonds is 5. The summed E-state index contributed by atoms with van der Waals surface area (Å²) in [6.07, 6.45) is -2.24. The Morgan fingerprint density at radius 1 is 1.00 bits per heavy atom. The van der Waals surface area contributed by atoms with Gasteiger partial charge in [0, 0.05) is 29.3 Å². The van der Waals surface area contributed by atoms with Crippen molar-refractivity contribution >= 4 is 21.4 Å². The number of carbonyl (C=O) groups is 1. The molecule has 166 valence electrons. The van der Waals surface area contributed by atoms with Gasteiger partial charge >= 0.3 is 6.18 Å². The molecule has 4 rings (SSSR count). The fourth-order valence-corrected chi connectivity index (χ4v) is 5.45. The Balaban J connectivity index is 1.32. The van der Waals surface area contributed by atoms with Gasteiger partial charge in [-0.1, -0.05) is 18.2 Å². The van der Waals surface area contributed by atoms with E-state index in [1.165, 1.54) is 12.1 Å². The number of benzene rings is 2. The molecule has 2 aromatic rings. The van der Waals surface area contributed by atoms with Crippen molar-refractivity contribution in [2.75, 3.05) is 16.8 Å². The summed E-state index contributed by atoms with van der Waals surface area (Å²) >= 11 is 0. The van der Waals surface area contributed by atoms with Crippen LogP contribution in [0.4, 0.5) is 18.9 Å². The van der Waals surface area contributed by atoms with Gasteiger partial charge < -0.3 is 10.6 Å². The van der Waals surface area contributed by atoms with Gasteiger partial charge in [0.05, 0.1) is 17.1 Å². The lowest BCUT2D eigenvalue weighted by atomic mass is 10.1. The topological polar surface area (TPSA) is 75.3 Å². The summed E-state index contributed by atoms with van der Waals surface area (Å²) in [5.41, 5.74) is 0.699. The molecule has 2 fully saturated rings. The highest BCUT2D eigenvalue weighted by Gasteiger charge is 2.40. The molecule has 2 atom stereocenters. The van der Waals surface area contributed by atoms with E-state index in [0.717, 1.165) is 24.1 Å². The molecule has 5 nitrogen and oxygen atoms in total. The maximum Gasteiger partial charge on any atom is 0.416 e. The van der Waals surface area contributed by atoms with E-state index >= 15 is 0 Å². The predicted molar refractivity (Wildman–Crippen MR) is 112 cm³/mol. The molecule has 2 aromatic carbocycles. The molecule has 1 heterocycles. The van der Waals surface area contributed by atoms with Crippen molar-refractivity contribution in [2.24, 2.45) is 0 Å². The molecule has 1 saturated carbocycles. The molecule has 1 aliphatic heterocycles. The first-order chi connectivity index (χ1) is 14.6. The highest BCUT2D eigenvalue weighted by molar-refractivity contribution is 7.91. The summed E-state index contributed by atoms with van der Waals surface area (Å²) in [5, 5.41) is 6.17. The Labute approximate surface area is 179 Å². The molecule has 0 aromatic heterocycles. The van der Waals surface area contributed by atoms with E-state index in [1.807, 2.05) is 12.1 Å². The lowest BCUT2D eigenvalue weighted by Gasteiger charge is -2.23. The molecule has 0 spiro atoms. The van der Waals surface area contributed by atoms with Gasteiger partial charge in [-0.05, 0) is 55.2 Å². The summed E-state index contributed by atoms with van der Waals surface area (Å²) in [6, 6.07) is 12.1. The SMILES string of the molecule is O=C(Nc1ccc(C2CC2NC2CCS(=O)(=O)CC2)cc1)c1cccc(C(F)(F)F)c1. The van der Waals surface area contributed by atoms with Gasteiger partial charge in [-0.25, -0.2) is 8.42 Å². The van der Waals surface area contributed by atoms with Gasteiger partial charge in [-0.3, -0.25) is 4.79 Å². The van der Waals surface area contributed by atoms with Crippen molar-refractivity contribution in [2.45, 2.75) is 43.4 Å². The van der Waals surface area contributed by atoms with Gasteiger partial charge in [0.2, 0.25) is 0 Å². The number of sulfone groups is 1. The average Bonchev–Trinajstić information content (AvgIpc) is 3.49. The van der Waals surface area contributed by atoms with Crippen LogP contribution in [0.1, 0.15) is 46.7 Å². The molecule has 1 saturated heterocycles. The maximum absolute atomic E-state index is 12.8. The summed E-state index contributed by atoms with van der Waals surface area (Å²) in [7, 11) is -2.87. The van der Waals surface area contributed by atoms with Crippen LogP contribution in [0.2, 0.25) is 0 Å². The van der Waals surface area contributed by atoms with E-state index in [-0.39, 0.29) is 23.1 Å². The molecule has 2 aliphatic rings. The van der Waals surface area contributed by atoms with Crippen molar-refractivity contribution < 1.29 is 26.4 Å². The van der Waals surface area contributed by atoms with Gasteiger partial charge in [0.25, 0.3) is 5.91 Å². The van der Waals surface area contributed by atoms with Crippen LogP contribution in [-0.4, -0.2) is 37.9 Å². The molecule has 9 heteroatoms. The molecular weight excluding hydrogens is 429 g/mol. The Morgan fingerprint density at radius 2 is 1.68 bits per heavy atom. The van der Waals surface area contributed by atoms with Crippen molar-refractivity contribution in [3.8, 4) is 0 Å². The standard InChI is InChI=1S/C22H23F3N2O3S/c23-22(24,25)16-3-1-2-15(12-16)21(28)27-17-6-4-14(5-7-17)19-13-20(19)26-18-8-10-31(29,30)11-9-18/h1-7,12,18-20,26H,8-11,13H2,(H,27,28). The molecule has 0 radical (unpaired) electrons. The van der Waals surface area contributed by atoms with Crippen LogP contribution in [0.5, 0.6) is 0 Å². The van der Waals surface area contributed by atoms with E-state index in [0.29, 0.717) is 30.5 Å². The second-order valence-corrected chi connectivity index (χ2v) is 10.5. The van der Waals surface area contributed by atoms with Crippen LogP contribution >= 0.6 is 0 Å². The Hall–Kier alpha value is -2.39. The average molecular weight is 452 g/mol. The van der Waals surface area contributed by atoms with Gasteiger partial charge in [-0.2, -0.15) is 13.2 Å². The lowest BCUT2D eigenvalue weighted by molar-refractivity contribution is -0.137. The molecular formula is C22H23F3N2O3S. The summed E-state index contributed by atoms with van der Waals surface area (Å²) in [6.45, 7) is 0. The Bertz CT molecular complexity index is 1050. The third-order valence-electron chi connectivity index (χ3n) is 5.84. The number of hydrogen-bond acceptors (Lipinski definition) is 4.